The van der Waals surface area contributed by atoms with Gasteiger partial charge in [0.15, 0.2) is 0 Å². The lowest BCUT2D eigenvalue weighted by Gasteiger charge is -2.55. The van der Waals surface area contributed by atoms with Crippen molar-refractivity contribution in [2.45, 2.75) is 52.6 Å². The number of halogens is 4. The van der Waals surface area contributed by atoms with E-state index in [-0.39, 0.29) is 3.58 Å². The van der Waals surface area contributed by atoms with Gasteiger partial charge in [-0.2, -0.15) is 13.2 Å². The number of anilines is 1. The van der Waals surface area contributed by atoms with Crippen molar-refractivity contribution < 1.29 is 13.2 Å². The number of nitrogens with zero attached hydrogens (tertiary/aromatic N) is 4. The first-order chi connectivity index (χ1) is 13.6. The van der Waals surface area contributed by atoms with Gasteiger partial charge in [0, 0.05) is 34.2 Å². The van der Waals surface area contributed by atoms with Gasteiger partial charge in [0.25, 0.3) is 0 Å². The fourth-order valence-corrected chi connectivity index (χ4v) is 5.04. The summed E-state index contributed by atoms with van der Waals surface area (Å²) in [6, 6.07) is 0. The van der Waals surface area contributed by atoms with Crippen molar-refractivity contribution in [3.05, 3.63) is 21.2 Å². The lowest BCUT2D eigenvalue weighted by molar-refractivity contribution is -0.125. The van der Waals surface area contributed by atoms with Gasteiger partial charge in [-0.15, -0.1) is 0 Å². The Kier molecular flexibility index (Phi) is 7.13. The molecule has 2 aliphatic heterocycles. The molecule has 2 saturated heterocycles. The highest BCUT2D eigenvalue weighted by molar-refractivity contribution is 14.1. The largest absolute Gasteiger partial charge is 0.393 e. The van der Waals surface area contributed by atoms with Crippen LogP contribution < -0.4 is 4.90 Å². The number of alkyl halides is 3. The van der Waals surface area contributed by atoms with Crippen molar-refractivity contribution in [1.29, 1.82) is 0 Å². The van der Waals surface area contributed by atoms with Gasteiger partial charge >= 0.3 is 6.18 Å². The molecular weight excluding hydrogens is 492 g/mol. The first-order valence-corrected chi connectivity index (χ1v) is 11.4. The molecule has 0 amide bonds. The van der Waals surface area contributed by atoms with Crippen LogP contribution in [0.3, 0.4) is 0 Å². The number of likely N-dealkylation sites (tertiary alicyclic amines) is 1. The Labute approximate surface area is 185 Å². The fraction of sp³-hybridized carbons (Fsp3) is 0.714. The molecule has 162 valence electrons. The number of allylic oxidation sites excluding steroid dienone is 1. The molecule has 1 atom stereocenters. The van der Waals surface area contributed by atoms with E-state index < -0.39 is 12.6 Å². The molecule has 1 spiro atoms. The summed E-state index contributed by atoms with van der Waals surface area (Å²) in [5.74, 6) is 1.50. The predicted molar refractivity (Wildman–Crippen MR) is 119 cm³/mol. The molecule has 4 nitrogen and oxygen atoms in total. The standard InChI is InChI=1S/C21H30F3IN4/c1-4-15(2)11-28-7-5-20(6-8-28)12-29(13-20)19-18(16(3)26-14-27-19)9-17(25)10-21(22,23)24/h9,14-15H,4-8,10-13H2,1-3H3/b17-9-/t15-/m1/s1. The van der Waals surface area contributed by atoms with Gasteiger partial charge in [0.05, 0.1) is 12.1 Å². The van der Waals surface area contributed by atoms with Gasteiger partial charge in [-0.05, 0) is 67.4 Å². The molecule has 0 bridgehead atoms. The summed E-state index contributed by atoms with van der Waals surface area (Å²) in [5, 5.41) is 0. The van der Waals surface area contributed by atoms with E-state index >= 15 is 0 Å². The monoisotopic (exact) mass is 522 g/mol. The smallest absolute Gasteiger partial charge is 0.355 e. The topological polar surface area (TPSA) is 32.3 Å². The highest BCUT2D eigenvalue weighted by atomic mass is 127. The van der Waals surface area contributed by atoms with Crippen LogP contribution in [-0.4, -0.2) is 53.8 Å². The first-order valence-electron chi connectivity index (χ1n) is 10.3. The zero-order chi connectivity index (χ0) is 21.2. The fourth-order valence-electron chi connectivity index (χ4n) is 4.30. The van der Waals surface area contributed by atoms with Crippen LogP contribution in [0.5, 0.6) is 0 Å². The predicted octanol–water partition coefficient (Wildman–Crippen LogP) is 5.46. The normalized spacial score (nSPS) is 21.3. The zero-order valence-electron chi connectivity index (χ0n) is 17.4. The lowest BCUT2D eigenvalue weighted by atomic mass is 9.71. The van der Waals surface area contributed by atoms with Gasteiger partial charge in [0.2, 0.25) is 0 Å². The molecule has 1 aromatic rings. The number of hydrogen-bond donors (Lipinski definition) is 0. The first kappa shape index (κ1) is 22.8. The third-order valence-electron chi connectivity index (χ3n) is 6.27. The van der Waals surface area contributed by atoms with Crippen molar-refractivity contribution in [3.8, 4) is 0 Å². The Morgan fingerprint density at radius 2 is 1.93 bits per heavy atom. The number of hydrogen-bond acceptors (Lipinski definition) is 4. The lowest BCUT2D eigenvalue weighted by Crippen LogP contribution is -2.61. The number of aryl methyl sites for hydroxylation is 1. The molecule has 2 aliphatic rings. The van der Waals surface area contributed by atoms with E-state index in [1.165, 1.54) is 32.1 Å². The summed E-state index contributed by atoms with van der Waals surface area (Å²) in [5.41, 5.74) is 1.76. The SMILES string of the molecule is CC[C@@H](C)CN1CCC2(CC1)CN(c1ncnc(C)c1/C=C(\I)CC(F)(F)F)C2. The maximum Gasteiger partial charge on any atom is 0.393 e. The average molecular weight is 522 g/mol. The zero-order valence-corrected chi connectivity index (χ0v) is 19.6. The molecule has 2 fully saturated rings. The molecule has 0 aromatic carbocycles. The van der Waals surface area contributed by atoms with Crippen LogP contribution in [0.4, 0.5) is 19.0 Å². The Bertz CT molecular complexity index is 734. The van der Waals surface area contributed by atoms with Gasteiger partial charge in [-0.3, -0.25) is 0 Å². The van der Waals surface area contributed by atoms with Gasteiger partial charge < -0.3 is 9.80 Å². The second kappa shape index (κ2) is 9.08. The molecule has 29 heavy (non-hydrogen) atoms. The molecule has 0 saturated carbocycles. The summed E-state index contributed by atoms with van der Waals surface area (Å²) >= 11 is 1.77. The van der Waals surface area contributed by atoms with E-state index in [9.17, 15) is 13.2 Å². The van der Waals surface area contributed by atoms with Crippen molar-refractivity contribution in [3.63, 3.8) is 0 Å². The minimum Gasteiger partial charge on any atom is -0.355 e. The third kappa shape index (κ3) is 5.83. The van der Waals surface area contributed by atoms with Crippen molar-refractivity contribution in [2.24, 2.45) is 11.3 Å². The molecule has 3 heterocycles. The Morgan fingerprint density at radius 3 is 2.52 bits per heavy atom. The average Bonchev–Trinajstić information content (AvgIpc) is 2.61. The van der Waals surface area contributed by atoms with Crippen molar-refractivity contribution in [1.82, 2.24) is 14.9 Å². The van der Waals surface area contributed by atoms with E-state index in [0.29, 0.717) is 11.0 Å². The van der Waals surface area contributed by atoms with Crippen LogP contribution in [-0.2, 0) is 0 Å². The molecular formula is C21H30F3IN4. The molecule has 8 heteroatoms. The second-order valence-corrected chi connectivity index (χ2v) is 10.1. The van der Waals surface area contributed by atoms with E-state index in [4.69, 9.17) is 0 Å². The molecule has 0 unspecified atom stereocenters. The van der Waals surface area contributed by atoms with Gasteiger partial charge in [0.1, 0.15) is 12.1 Å². The van der Waals surface area contributed by atoms with Crippen molar-refractivity contribution in [2.75, 3.05) is 37.6 Å². The quantitative estimate of drug-likeness (QED) is 0.465. The minimum atomic E-state index is -4.21. The Balaban J connectivity index is 1.65. The Morgan fingerprint density at radius 1 is 1.28 bits per heavy atom. The highest BCUT2D eigenvalue weighted by Gasteiger charge is 2.45. The minimum absolute atomic E-state index is 0.253. The van der Waals surface area contributed by atoms with E-state index in [1.807, 2.05) is 6.92 Å². The van der Waals surface area contributed by atoms with Crippen LogP contribution >= 0.6 is 22.6 Å². The van der Waals surface area contributed by atoms with Crippen LogP contribution in [0.1, 0.15) is 50.8 Å². The molecule has 0 N–H and O–H groups in total. The van der Waals surface area contributed by atoms with E-state index in [1.54, 1.807) is 28.7 Å². The summed E-state index contributed by atoms with van der Waals surface area (Å²) in [4.78, 5) is 13.4. The number of piperidine rings is 1. The van der Waals surface area contributed by atoms with Crippen LogP contribution in [0.25, 0.3) is 6.08 Å². The highest BCUT2D eigenvalue weighted by Crippen LogP contribution is 2.43. The summed E-state index contributed by atoms with van der Waals surface area (Å²) in [6.45, 7) is 11.7. The maximum absolute atomic E-state index is 12.7. The molecule has 0 radical (unpaired) electrons. The van der Waals surface area contributed by atoms with E-state index in [2.05, 4.69) is 33.6 Å². The van der Waals surface area contributed by atoms with Gasteiger partial charge in [-0.25, -0.2) is 9.97 Å². The molecule has 1 aromatic heterocycles. The van der Waals surface area contributed by atoms with Crippen molar-refractivity contribution >= 4 is 34.5 Å². The van der Waals surface area contributed by atoms with E-state index in [0.717, 1.165) is 43.6 Å². The second-order valence-electron chi connectivity index (χ2n) is 8.75. The number of aromatic nitrogens is 2. The van der Waals surface area contributed by atoms with Gasteiger partial charge in [-0.1, -0.05) is 20.3 Å². The molecule has 0 aliphatic carbocycles. The van der Waals surface area contributed by atoms with Crippen LogP contribution in [0.15, 0.2) is 9.91 Å². The van der Waals surface area contributed by atoms with Crippen LogP contribution in [0.2, 0.25) is 0 Å². The summed E-state index contributed by atoms with van der Waals surface area (Å²) in [6.07, 6.45) is 1.56. The summed E-state index contributed by atoms with van der Waals surface area (Å²) < 4.78 is 38.4. The number of rotatable bonds is 6. The summed E-state index contributed by atoms with van der Waals surface area (Å²) in [7, 11) is 0. The maximum atomic E-state index is 12.7. The third-order valence-corrected chi connectivity index (χ3v) is 6.96. The van der Waals surface area contributed by atoms with Crippen LogP contribution in [0, 0.1) is 18.3 Å². The molecule has 3 rings (SSSR count). The Hall–Kier alpha value is -0.900.